The van der Waals surface area contributed by atoms with Gasteiger partial charge in [-0.3, -0.25) is 18.7 Å². The molecule has 0 aromatic heterocycles. The Labute approximate surface area is 433 Å². The molecule has 2 aliphatic heterocycles. The third kappa shape index (κ3) is 17.5. The van der Waals surface area contributed by atoms with Crippen molar-refractivity contribution >= 4 is 72.8 Å². The van der Waals surface area contributed by atoms with Crippen LogP contribution in [0, 0.1) is 0 Å². The molecule has 3 aliphatic rings. The van der Waals surface area contributed by atoms with Crippen molar-refractivity contribution in [1.29, 1.82) is 0 Å². The Morgan fingerprint density at radius 2 is 1.39 bits per heavy atom. The molecule has 2 N–H and O–H groups in total. The van der Waals surface area contributed by atoms with Crippen molar-refractivity contribution in [1.82, 2.24) is 0 Å². The van der Waals surface area contributed by atoms with Crippen LogP contribution in [0.2, 0.25) is 0 Å². The van der Waals surface area contributed by atoms with Crippen LogP contribution < -0.4 is 4.90 Å². The summed E-state index contributed by atoms with van der Waals surface area (Å²) in [5, 5.41) is 0. The molecule has 13 nitrogen and oxygen atoms in total. The van der Waals surface area contributed by atoms with E-state index in [2.05, 4.69) is 97.9 Å². The second-order valence-corrected chi connectivity index (χ2v) is 25.7. The van der Waals surface area contributed by atoms with E-state index in [4.69, 9.17) is 14.0 Å². The fourth-order valence-corrected chi connectivity index (χ4v) is 12.4. The van der Waals surface area contributed by atoms with Crippen LogP contribution in [0.25, 0.3) is 0 Å². The summed E-state index contributed by atoms with van der Waals surface area (Å²) in [5.41, 5.74) is 8.97. The van der Waals surface area contributed by atoms with Crippen LogP contribution in [0.5, 0.6) is 0 Å². The summed E-state index contributed by atoms with van der Waals surface area (Å²) < 4.78 is 78.2. The highest BCUT2D eigenvalue weighted by atomic mass is 32.2. The number of rotatable bonds is 29. The summed E-state index contributed by atoms with van der Waals surface area (Å²) in [6, 6.07) is 17.0. The second kappa shape index (κ2) is 26.5. The SMILES string of the molecule is CSCCC(=O)OCCCCCC[N+]1=C(/C=C/C2=C(SCCC(=O)OCC[N+](C)(C)CCCS(=O)(=O)O)C(=C/C=C3/N(CCCCS(=O)(=O)O)c4ccccc4C3(C)C)/CCC2)C(C)(C)c2ccccc21. The van der Waals surface area contributed by atoms with E-state index in [1.165, 1.54) is 33.7 Å². The fourth-order valence-electron chi connectivity index (χ4n) is 9.75. The number of carbonyl (C=O) groups excluding carboxylic acids is 2. The number of thioether (sulfide) groups is 2. The molecule has 0 amide bonds. The van der Waals surface area contributed by atoms with Gasteiger partial charge in [0.1, 0.15) is 19.7 Å². The van der Waals surface area contributed by atoms with Gasteiger partial charge in [-0.1, -0.05) is 62.4 Å². The first-order valence-electron chi connectivity index (χ1n) is 25.1. The van der Waals surface area contributed by atoms with Crippen LogP contribution in [-0.2, 0) is 50.1 Å². The monoisotopic (exact) mass is 1060 g/mol. The number of allylic oxidation sites excluding steroid dienone is 7. The van der Waals surface area contributed by atoms with Crippen LogP contribution in [0.15, 0.2) is 94.6 Å². The van der Waals surface area contributed by atoms with Crippen molar-refractivity contribution in [3.63, 3.8) is 0 Å². The summed E-state index contributed by atoms with van der Waals surface area (Å²) in [6.07, 6.45) is 19.5. The Morgan fingerprint density at radius 3 is 2.11 bits per heavy atom. The Bertz CT molecular complexity index is 2560. The van der Waals surface area contributed by atoms with Crippen LogP contribution in [0.3, 0.4) is 0 Å². The molecule has 0 saturated heterocycles. The summed E-state index contributed by atoms with van der Waals surface area (Å²) in [4.78, 5) is 28.6. The molecule has 0 spiro atoms. The lowest BCUT2D eigenvalue weighted by molar-refractivity contribution is -0.890. The number of esters is 2. The fraction of sp³-hybridized carbons (Fsp3) is 0.574. The molecule has 0 atom stereocenters. The Hall–Kier alpha value is -3.71. The molecule has 0 saturated carbocycles. The number of quaternary nitrogens is 1. The first-order valence-corrected chi connectivity index (χ1v) is 30.7. The van der Waals surface area contributed by atoms with Crippen LogP contribution in [0.4, 0.5) is 11.4 Å². The van der Waals surface area contributed by atoms with Crippen LogP contribution >= 0.6 is 23.5 Å². The number of ether oxygens (including phenoxy) is 2. The molecule has 2 aromatic rings. The van der Waals surface area contributed by atoms with Gasteiger partial charge in [0.25, 0.3) is 20.2 Å². The lowest BCUT2D eigenvalue weighted by Gasteiger charge is -2.29. The molecule has 2 heterocycles. The number of benzene rings is 2. The first-order chi connectivity index (χ1) is 33.5. The van der Waals surface area contributed by atoms with E-state index >= 15 is 0 Å². The van der Waals surface area contributed by atoms with Gasteiger partial charge >= 0.3 is 11.9 Å². The van der Waals surface area contributed by atoms with E-state index in [1.54, 1.807) is 23.5 Å². The quantitative estimate of drug-likeness (QED) is 0.0260. The third-order valence-electron chi connectivity index (χ3n) is 13.7. The molecule has 0 radical (unpaired) electrons. The van der Waals surface area contributed by atoms with E-state index in [0.717, 1.165) is 73.5 Å². The molecule has 0 fully saturated rings. The zero-order valence-corrected chi connectivity index (χ0v) is 46.4. The van der Waals surface area contributed by atoms with Gasteiger partial charge in [0.15, 0.2) is 5.71 Å². The predicted octanol–water partition coefficient (Wildman–Crippen LogP) is 10.2. The van der Waals surface area contributed by atoms with E-state index < -0.39 is 20.2 Å². The van der Waals surface area contributed by atoms with Crippen molar-refractivity contribution < 1.29 is 54.1 Å². The van der Waals surface area contributed by atoms with Crippen molar-refractivity contribution in [3.05, 3.63) is 106 Å². The lowest BCUT2D eigenvalue weighted by atomic mass is 9.81. The molecule has 1 aliphatic carbocycles. The van der Waals surface area contributed by atoms with Gasteiger partial charge in [-0.2, -0.15) is 33.2 Å². The summed E-state index contributed by atoms with van der Waals surface area (Å²) in [7, 11) is -4.21. The molecule has 2 aromatic carbocycles. The maximum Gasteiger partial charge on any atom is 0.306 e. The van der Waals surface area contributed by atoms with E-state index in [1.807, 2.05) is 32.5 Å². The third-order valence-corrected chi connectivity index (χ3v) is 17.2. The normalized spacial score (nSPS) is 18.0. The topological polar surface area (TPSA) is 168 Å². The Balaban J connectivity index is 1.42. The summed E-state index contributed by atoms with van der Waals surface area (Å²) >= 11 is 3.32. The van der Waals surface area contributed by atoms with Crippen molar-refractivity contribution in [2.24, 2.45) is 0 Å². The van der Waals surface area contributed by atoms with Crippen LogP contribution in [-0.4, -0.2) is 135 Å². The van der Waals surface area contributed by atoms with E-state index in [-0.39, 0.29) is 47.3 Å². The van der Waals surface area contributed by atoms with Crippen molar-refractivity contribution in [2.75, 3.05) is 87.7 Å². The number of carbonyl (C=O) groups is 2. The van der Waals surface area contributed by atoms with Crippen molar-refractivity contribution in [3.8, 4) is 0 Å². The highest BCUT2D eigenvalue weighted by Gasteiger charge is 2.44. The van der Waals surface area contributed by atoms with Gasteiger partial charge in [0.05, 0.1) is 57.0 Å². The minimum atomic E-state index is -4.06. The van der Waals surface area contributed by atoms with Gasteiger partial charge < -0.3 is 18.9 Å². The molecular formula is C54H79N3O10S4+2. The summed E-state index contributed by atoms with van der Waals surface area (Å²) in [5.74, 6) is 0.284. The zero-order valence-electron chi connectivity index (χ0n) is 43.1. The molecule has 0 bridgehead atoms. The zero-order chi connectivity index (χ0) is 51.9. The average molecular weight is 1060 g/mol. The van der Waals surface area contributed by atoms with Crippen molar-refractivity contribution in [2.45, 2.75) is 116 Å². The van der Waals surface area contributed by atoms with Crippen LogP contribution in [0.1, 0.15) is 116 Å². The minimum Gasteiger partial charge on any atom is -0.466 e. The van der Waals surface area contributed by atoms with Gasteiger partial charge in [0, 0.05) is 70.3 Å². The Kier molecular flexibility index (Phi) is 21.7. The number of hydrogen-bond donors (Lipinski definition) is 2. The number of likely N-dealkylation sites (N-methyl/N-ethyl adjacent to an activating group) is 1. The second-order valence-electron chi connectivity index (χ2n) is 20.5. The standard InChI is InChI=1S/C54H77N3O10S4/c1-53(2)44-22-10-12-24-46(44)55(32-14-8-9-16-36-66-50(58)30-38-68-7)48(53)28-26-42-20-18-21-43(52(42)69-39-31-51(59)67-37-35-57(5,6)34-19-41-71(63,64)65)27-29-49-54(3,4)45-23-11-13-25-47(45)56(49)33-15-17-40-70(60,61)62/h10-13,22-29H,8-9,14-21,30-41H2,1-7H3/p+2. The summed E-state index contributed by atoms with van der Waals surface area (Å²) in [6.45, 7) is 12.2. The average Bonchev–Trinajstić information content (AvgIpc) is 3.65. The highest BCUT2D eigenvalue weighted by molar-refractivity contribution is 8.03. The smallest absolute Gasteiger partial charge is 0.306 e. The number of fused-ring (bicyclic) bond motifs is 2. The predicted molar refractivity (Wildman–Crippen MR) is 291 cm³/mol. The maximum atomic E-state index is 13.2. The number of hydrogen-bond acceptors (Lipinski definition) is 11. The molecule has 71 heavy (non-hydrogen) atoms. The van der Waals surface area contributed by atoms with Gasteiger partial charge in [-0.25, -0.2) is 0 Å². The van der Waals surface area contributed by atoms with Gasteiger partial charge in [-0.15, -0.1) is 11.8 Å². The van der Waals surface area contributed by atoms with E-state index in [0.29, 0.717) is 62.2 Å². The number of anilines is 1. The number of para-hydroxylation sites is 2. The molecule has 0 unspecified atom stereocenters. The molecule has 5 rings (SSSR count). The lowest BCUT2D eigenvalue weighted by Crippen LogP contribution is -2.43. The van der Waals surface area contributed by atoms with E-state index in [9.17, 15) is 31.0 Å². The largest absolute Gasteiger partial charge is 0.466 e. The molecule has 392 valence electrons. The Morgan fingerprint density at radius 1 is 0.746 bits per heavy atom. The maximum absolute atomic E-state index is 13.2. The highest BCUT2D eigenvalue weighted by Crippen LogP contribution is 2.48. The van der Waals surface area contributed by atoms with Gasteiger partial charge in [-0.05, 0) is 100 Å². The first kappa shape index (κ1) is 58.2. The number of unbranched alkanes of at least 4 members (excludes halogenated alkanes) is 4. The number of nitrogens with zero attached hydrogens (tertiary/aromatic N) is 3. The minimum absolute atomic E-state index is 0.126. The molecular weight excluding hydrogens is 979 g/mol. The van der Waals surface area contributed by atoms with Gasteiger partial charge in [0.2, 0.25) is 5.69 Å². The molecule has 17 heteroatoms.